The molecule has 116 valence electrons. The van der Waals surface area contributed by atoms with Gasteiger partial charge < -0.3 is 5.11 Å². The number of hydrogen-bond acceptors (Lipinski definition) is 2. The molecule has 2 atom stereocenters. The topological polar surface area (TPSA) is 37.3 Å². The monoisotopic (exact) mass is 288 g/mol. The van der Waals surface area contributed by atoms with E-state index in [1.165, 1.54) is 5.56 Å². The van der Waals surface area contributed by atoms with Gasteiger partial charge in [-0.05, 0) is 36.7 Å². The second-order valence-electron chi connectivity index (χ2n) is 7.21. The van der Waals surface area contributed by atoms with Gasteiger partial charge in [0, 0.05) is 18.4 Å². The van der Waals surface area contributed by atoms with Crippen LogP contribution in [-0.2, 0) is 4.79 Å². The number of benzene rings is 1. The van der Waals surface area contributed by atoms with Gasteiger partial charge in [0.05, 0.1) is 0 Å². The fourth-order valence-electron chi connectivity index (χ4n) is 3.35. The van der Waals surface area contributed by atoms with Crippen LogP contribution in [0.25, 0.3) is 0 Å². The van der Waals surface area contributed by atoms with Crippen molar-refractivity contribution in [2.45, 2.75) is 58.3 Å². The molecule has 0 aromatic heterocycles. The van der Waals surface area contributed by atoms with Crippen LogP contribution in [0.2, 0.25) is 0 Å². The Labute approximate surface area is 128 Å². The molecule has 1 aliphatic rings. The maximum atomic E-state index is 12.7. The van der Waals surface area contributed by atoms with Crippen LogP contribution in [0.1, 0.15) is 63.9 Å². The Morgan fingerprint density at radius 1 is 1.19 bits per heavy atom. The van der Waals surface area contributed by atoms with Crippen molar-refractivity contribution in [2.75, 3.05) is 6.61 Å². The molecule has 1 aromatic carbocycles. The van der Waals surface area contributed by atoms with E-state index >= 15 is 0 Å². The van der Waals surface area contributed by atoms with Crippen LogP contribution in [0.15, 0.2) is 30.3 Å². The molecule has 0 saturated heterocycles. The highest BCUT2D eigenvalue weighted by molar-refractivity contribution is 5.88. The zero-order valence-corrected chi connectivity index (χ0v) is 13.3. The first kappa shape index (κ1) is 16.2. The molecule has 2 unspecified atom stereocenters. The molecule has 0 bridgehead atoms. The van der Waals surface area contributed by atoms with Crippen molar-refractivity contribution in [3.8, 4) is 0 Å². The number of aliphatic hydroxyl groups is 1. The molecule has 2 rings (SSSR count). The Bertz CT molecular complexity index is 450. The summed E-state index contributed by atoms with van der Waals surface area (Å²) in [6.45, 7) is 4.39. The fraction of sp³-hybridized carbons (Fsp3) is 0.632. The average Bonchev–Trinajstić information content (AvgIpc) is 2.50. The number of carbonyl (C=O) groups is 1. The van der Waals surface area contributed by atoms with Gasteiger partial charge in [0.1, 0.15) is 5.78 Å². The van der Waals surface area contributed by atoms with Crippen molar-refractivity contribution in [3.63, 3.8) is 0 Å². The predicted octanol–water partition coefficient (Wildman–Crippen LogP) is 4.33. The molecular formula is C19H28O2. The Morgan fingerprint density at radius 3 is 2.57 bits per heavy atom. The molecule has 0 radical (unpaired) electrons. The van der Waals surface area contributed by atoms with Gasteiger partial charge in [-0.2, -0.15) is 0 Å². The number of Topliss-reactive ketones (excluding diaryl/α,β-unsaturated/α-hetero) is 1. The number of carbonyl (C=O) groups excluding carboxylic acids is 1. The minimum atomic E-state index is -0.0173. The summed E-state index contributed by atoms with van der Waals surface area (Å²) in [6, 6.07) is 10.2. The first-order valence-corrected chi connectivity index (χ1v) is 8.23. The standard InChI is InChI=1S/C19H28O2/c1-19(2,14-20)13-7-11-16-10-6-12-17(18(16)21)15-8-4-3-5-9-15/h3-5,8-9,16-17,20H,6-7,10-14H2,1-2H3. The summed E-state index contributed by atoms with van der Waals surface area (Å²) in [4.78, 5) is 12.7. The van der Waals surface area contributed by atoms with Crippen LogP contribution < -0.4 is 0 Å². The van der Waals surface area contributed by atoms with Gasteiger partial charge in [0.2, 0.25) is 0 Å². The van der Waals surface area contributed by atoms with Crippen LogP contribution in [0.4, 0.5) is 0 Å². The summed E-state index contributed by atoms with van der Waals surface area (Å²) in [7, 11) is 0. The second kappa shape index (κ2) is 7.22. The second-order valence-corrected chi connectivity index (χ2v) is 7.21. The van der Waals surface area contributed by atoms with Crippen LogP contribution in [0.3, 0.4) is 0 Å². The third-order valence-corrected chi connectivity index (χ3v) is 4.83. The van der Waals surface area contributed by atoms with E-state index in [0.29, 0.717) is 5.78 Å². The van der Waals surface area contributed by atoms with Gasteiger partial charge in [-0.1, -0.05) is 57.0 Å². The van der Waals surface area contributed by atoms with E-state index in [2.05, 4.69) is 26.0 Å². The van der Waals surface area contributed by atoms with Crippen LogP contribution in [-0.4, -0.2) is 17.5 Å². The minimum Gasteiger partial charge on any atom is -0.396 e. The quantitative estimate of drug-likeness (QED) is 0.846. The molecular weight excluding hydrogens is 260 g/mol. The lowest BCUT2D eigenvalue weighted by molar-refractivity contribution is -0.126. The average molecular weight is 288 g/mol. The summed E-state index contributed by atoms with van der Waals surface area (Å²) in [6.07, 6.45) is 6.20. The lowest BCUT2D eigenvalue weighted by atomic mass is 9.74. The highest BCUT2D eigenvalue weighted by atomic mass is 16.3. The van der Waals surface area contributed by atoms with Gasteiger partial charge in [0.15, 0.2) is 0 Å². The summed E-state index contributed by atoms with van der Waals surface area (Å²) in [5.41, 5.74) is 1.17. The van der Waals surface area contributed by atoms with Gasteiger partial charge in [-0.3, -0.25) is 4.79 Å². The highest BCUT2D eigenvalue weighted by Crippen LogP contribution is 2.36. The van der Waals surface area contributed by atoms with Gasteiger partial charge in [-0.25, -0.2) is 0 Å². The SMILES string of the molecule is CC(C)(CO)CCCC1CCCC(c2ccccc2)C1=O. The maximum Gasteiger partial charge on any atom is 0.143 e. The fourth-order valence-corrected chi connectivity index (χ4v) is 3.35. The Kier molecular flexibility index (Phi) is 5.58. The molecule has 0 aliphatic heterocycles. The Balaban J connectivity index is 1.91. The minimum absolute atomic E-state index is 0.0173. The molecule has 0 spiro atoms. The highest BCUT2D eigenvalue weighted by Gasteiger charge is 2.31. The van der Waals surface area contributed by atoms with E-state index in [9.17, 15) is 9.90 Å². The molecule has 2 nitrogen and oxygen atoms in total. The summed E-state index contributed by atoms with van der Waals surface area (Å²) in [5, 5.41) is 9.31. The zero-order chi connectivity index (χ0) is 15.3. The molecule has 0 heterocycles. The number of ketones is 1. The van der Waals surface area contributed by atoms with Crippen molar-refractivity contribution in [1.29, 1.82) is 0 Å². The number of rotatable bonds is 6. The van der Waals surface area contributed by atoms with E-state index < -0.39 is 0 Å². The largest absolute Gasteiger partial charge is 0.396 e. The first-order valence-electron chi connectivity index (χ1n) is 8.23. The molecule has 1 N–H and O–H groups in total. The summed E-state index contributed by atoms with van der Waals surface area (Å²) < 4.78 is 0. The lowest BCUT2D eigenvalue weighted by Gasteiger charge is -2.29. The smallest absolute Gasteiger partial charge is 0.143 e. The predicted molar refractivity (Wildman–Crippen MR) is 86.2 cm³/mol. The molecule has 2 heteroatoms. The zero-order valence-electron chi connectivity index (χ0n) is 13.3. The van der Waals surface area contributed by atoms with Crippen molar-refractivity contribution in [2.24, 2.45) is 11.3 Å². The van der Waals surface area contributed by atoms with E-state index in [4.69, 9.17) is 0 Å². The molecule has 1 saturated carbocycles. The summed E-state index contributed by atoms with van der Waals surface area (Å²) >= 11 is 0. The first-order chi connectivity index (χ1) is 10.0. The van der Waals surface area contributed by atoms with Crippen molar-refractivity contribution < 1.29 is 9.90 Å². The van der Waals surface area contributed by atoms with E-state index in [-0.39, 0.29) is 23.9 Å². The molecule has 1 fully saturated rings. The van der Waals surface area contributed by atoms with Crippen molar-refractivity contribution in [1.82, 2.24) is 0 Å². The molecule has 1 aliphatic carbocycles. The normalized spacial score (nSPS) is 23.3. The lowest BCUT2D eigenvalue weighted by Crippen LogP contribution is -2.27. The van der Waals surface area contributed by atoms with E-state index in [1.807, 2.05) is 18.2 Å². The van der Waals surface area contributed by atoms with E-state index in [0.717, 1.165) is 38.5 Å². The van der Waals surface area contributed by atoms with Gasteiger partial charge in [-0.15, -0.1) is 0 Å². The third-order valence-electron chi connectivity index (χ3n) is 4.83. The van der Waals surface area contributed by atoms with Gasteiger partial charge >= 0.3 is 0 Å². The van der Waals surface area contributed by atoms with E-state index in [1.54, 1.807) is 0 Å². The number of aliphatic hydroxyl groups excluding tert-OH is 1. The Morgan fingerprint density at radius 2 is 1.90 bits per heavy atom. The summed E-state index contributed by atoms with van der Waals surface area (Å²) in [5.74, 6) is 0.767. The van der Waals surface area contributed by atoms with Crippen LogP contribution in [0, 0.1) is 11.3 Å². The van der Waals surface area contributed by atoms with Crippen LogP contribution in [0.5, 0.6) is 0 Å². The molecule has 21 heavy (non-hydrogen) atoms. The van der Waals surface area contributed by atoms with Gasteiger partial charge in [0.25, 0.3) is 0 Å². The third kappa shape index (κ3) is 4.41. The van der Waals surface area contributed by atoms with Crippen LogP contribution >= 0.6 is 0 Å². The molecule has 0 amide bonds. The Hall–Kier alpha value is -1.15. The van der Waals surface area contributed by atoms with Crippen molar-refractivity contribution >= 4 is 5.78 Å². The number of hydrogen-bond donors (Lipinski definition) is 1. The van der Waals surface area contributed by atoms with Crippen molar-refractivity contribution in [3.05, 3.63) is 35.9 Å². The maximum absolute atomic E-state index is 12.7. The molecule has 1 aromatic rings.